The van der Waals surface area contributed by atoms with Crippen LogP contribution in [0.3, 0.4) is 0 Å². The molecule has 1 aromatic heterocycles. The van der Waals surface area contributed by atoms with Crippen molar-refractivity contribution in [3.63, 3.8) is 0 Å². The number of nitrogens with one attached hydrogen (secondary N) is 1. The van der Waals surface area contributed by atoms with Crippen molar-refractivity contribution in [1.82, 2.24) is 4.98 Å². The average molecular weight is 295 g/mol. The summed E-state index contributed by atoms with van der Waals surface area (Å²) < 4.78 is 40.5. The molecule has 0 aliphatic rings. The number of hydrogen-bond donors (Lipinski definition) is 2. The first-order chi connectivity index (χ1) is 9.44. The maximum Gasteiger partial charge on any atom is 0.264 e. The lowest BCUT2D eigenvalue weighted by Gasteiger charge is -2.11. The van der Waals surface area contributed by atoms with Gasteiger partial charge in [-0.2, -0.15) is 0 Å². The third-order valence-corrected chi connectivity index (χ3v) is 4.20. The molecule has 20 heavy (non-hydrogen) atoms. The molecule has 0 amide bonds. The van der Waals surface area contributed by atoms with Crippen molar-refractivity contribution in [2.24, 2.45) is 5.73 Å². The number of rotatable bonds is 4. The topological polar surface area (TPSA) is 85.1 Å². The molecule has 0 unspecified atom stereocenters. The number of aromatic nitrogens is 1. The number of halogens is 1. The Bertz CT molecular complexity index is 732. The number of nitrogens with two attached hydrogens (primary N) is 1. The fourth-order valence-corrected chi connectivity index (χ4v) is 2.84. The Morgan fingerprint density at radius 1 is 1.35 bits per heavy atom. The molecule has 0 saturated heterocycles. The summed E-state index contributed by atoms with van der Waals surface area (Å²) in [5, 5.41) is 0. The van der Waals surface area contributed by atoms with Gasteiger partial charge >= 0.3 is 0 Å². The molecule has 0 saturated carbocycles. The van der Waals surface area contributed by atoms with E-state index in [1.54, 1.807) is 19.2 Å². The summed E-state index contributed by atoms with van der Waals surface area (Å²) in [5.74, 6) is -0.831. The fraction of sp³-hybridized carbons (Fsp3) is 0.154. The molecular weight excluding hydrogens is 281 g/mol. The van der Waals surface area contributed by atoms with E-state index in [9.17, 15) is 12.8 Å². The van der Waals surface area contributed by atoms with E-state index in [1.165, 1.54) is 18.3 Å². The van der Waals surface area contributed by atoms with Gasteiger partial charge in [0.25, 0.3) is 10.0 Å². The number of sulfonamides is 1. The van der Waals surface area contributed by atoms with E-state index in [2.05, 4.69) is 9.71 Å². The van der Waals surface area contributed by atoms with Gasteiger partial charge in [-0.3, -0.25) is 9.71 Å². The third kappa shape index (κ3) is 2.94. The van der Waals surface area contributed by atoms with Gasteiger partial charge < -0.3 is 5.73 Å². The van der Waals surface area contributed by atoms with Crippen molar-refractivity contribution in [3.8, 4) is 0 Å². The number of nitrogens with zero attached hydrogens (tertiary/aromatic N) is 1. The van der Waals surface area contributed by atoms with Crippen LogP contribution in [0.15, 0.2) is 41.6 Å². The Balaban J connectivity index is 2.39. The minimum Gasteiger partial charge on any atom is -0.326 e. The smallest absolute Gasteiger partial charge is 0.264 e. The summed E-state index contributed by atoms with van der Waals surface area (Å²) in [7, 11) is -4.00. The Hall–Kier alpha value is -1.99. The molecule has 7 heteroatoms. The Morgan fingerprint density at radius 3 is 2.70 bits per heavy atom. The quantitative estimate of drug-likeness (QED) is 0.900. The highest BCUT2D eigenvalue weighted by molar-refractivity contribution is 7.92. The van der Waals surface area contributed by atoms with E-state index in [4.69, 9.17) is 5.73 Å². The van der Waals surface area contributed by atoms with Crippen LogP contribution in [0.1, 0.15) is 11.1 Å². The van der Waals surface area contributed by atoms with E-state index in [1.807, 2.05) is 0 Å². The first-order valence-corrected chi connectivity index (χ1v) is 7.34. The van der Waals surface area contributed by atoms with E-state index in [-0.39, 0.29) is 6.54 Å². The first-order valence-electron chi connectivity index (χ1n) is 5.86. The van der Waals surface area contributed by atoms with Crippen molar-refractivity contribution < 1.29 is 12.8 Å². The second kappa shape index (κ2) is 5.56. The van der Waals surface area contributed by atoms with Crippen LogP contribution in [-0.2, 0) is 16.6 Å². The van der Waals surface area contributed by atoms with Gasteiger partial charge in [0, 0.05) is 12.7 Å². The molecule has 3 N–H and O–H groups in total. The number of pyridine rings is 1. The van der Waals surface area contributed by atoms with Crippen LogP contribution in [0.4, 0.5) is 10.1 Å². The Kier molecular flexibility index (Phi) is 4.01. The number of benzene rings is 1. The zero-order valence-corrected chi connectivity index (χ0v) is 11.6. The normalized spacial score (nSPS) is 11.3. The SMILES string of the molecule is Cc1ccncc1NS(=O)(=O)c1ccc(CN)cc1F. The Labute approximate surface area is 116 Å². The molecule has 0 aliphatic carbocycles. The minimum absolute atomic E-state index is 0.145. The predicted octanol–water partition coefficient (Wildman–Crippen LogP) is 1.79. The van der Waals surface area contributed by atoms with Crippen LogP contribution in [0.25, 0.3) is 0 Å². The zero-order valence-electron chi connectivity index (χ0n) is 10.8. The number of aryl methyl sites for hydroxylation is 1. The third-order valence-electron chi connectivity index (χ3n) is 2.80. The zero-order chi connectivity index (χ0) is 14.8. The van der Waals surface area contributed by atoms with Gasteiger partial charge in [-0.1, -0.05) is 6.07 Å². The summed E-state index contributed by atoms with van der Waals surface area (Å²) in [6.07, 6.45) is 2.92. The maximum atomic E-state index is 13.8. The number of anilines is 1. The van der Waals surface area contributed by atoms with Gasteiger partial charge in [0.1, 0.15) is 10.7 Å². The first kappa shape index (κ1) is 14.4. The van der Waals surface area contributed by atoms with E-state index in [0.717, 1.165) is 6.07 Å². The number of hydrogen-bond acceptors (Lipinski definition) is 4. The lowest BCUT2D eigenvalue weighted by Crippen LogP contribution is -2.16. The lowest BCUT2D eigenvalue weighted by atomic mass is 10.2. The summed E-state index contributed by atoms with van der Waals surface area (Å²) in [4.78, 5) is 3.42. The minimum atomic E-state index is -4.00. The highest BCUT2D eigenvalue weighted by Crippen LogP contribution is 2.21. The summed E-state index contributed by atoms with van der Waals surface area (Å²) >= 11 is 0. The van der Waals surface area contributed by atoms with Crippen molar-refractivity contribution in [2.45, 2.75) is 18.4 Å². The monoisotopic (exact) mass is 295 g/mol. The van der Waals surface area contributed by atoms with Gasteiger partial charge in [-0.25, -0.2) is 12.8 Å². The Morgan fingerprint density at radius 2 is 2.10 bits per heavy atom. The van der Waals surface area contributed by atoms with Crippen LogP contribution < -0.4 is 10.5 Å². The van der Waals surface area contributed by atoms with Crippen molar-refractivity contribution in [3.05, 3.63) is 53.6 Å². The van der Waals surface area contributed by atoms with Gasteiger partial charge in [0.05, 0.1) is 11.9 Å². The van der Waals surface area contributed by atoms with Crippen molar-refractivity contribution >= 4 is 15.7 Å². The fourth-order valence-electron chi connectivity index (χ4n) is 1.66. The standard InChI is InChI=1S/C13H14FN3O2S/c1-9-4-5-16-8-12(9)17-20(18,19)13-3-2-10(7-15)6-11(13)14/h2-6,8,17H,7,15H2,1H3. The lowest BCUT2D eigenvalue weighted by molar-refractivity contribution is 0.569. The van der Waals surface area contributed by atoms with Crippen LogP contribution in [0, 0.1) is 12.7 Å². The summed E-state index contributed by atoms with van der Waals surface area (Å²) in [5.41, 5.74) is 6.92. The van der Waals surface area contributed by atoms with E-state index < -0.39 is 20.7 Å². The van der Waals surface area contributed by atoms with E-state index in [0.29, 0.717) is 16.8 Å². The second-order valence-electron chi connectivity index (χ2n) is 4.26. The van der Waals surface area contributed by atoms with Crippen LogP contribution in [0.5, 0.6) is 0 Å². The molecule has 0 aliphatic heterocycles. The molecule has 0 radical (unpaired) electrons. The van der Waals surface area contributed by atoms with Crippen LogP contribution in [-0.4, -0.2) is 13.4 Å². The molecule has 1 aromatic carbocycles. The van der Waals surface area contributed by atoms with Gasteiger partial charge in [0.15, 0.2) is 0 Å². The molecule has 0 bridgehead atoms. The molecule has 0 atom stereocenters. The van der Waals surface area contributed by atoms with E-state index >= 15 is 0 Å². The van der Waals surface area contributed by atoms with Crippen LogP contribution in [0.2, 0.25) is 0 Å². The van der Waals surface area contributed by atoms with Gasteiger partial charge in [0.2, 0.25) is 0 Å². The van der Waals surface area contributed by atoms with Gasteiger partial charge in [-0.05, 0) is 36.2 Å². The highest BCUT2D eigenvalue weighted by atomic mass is 32.2. The maximum absolute atomic E-state index is 13.8. The van der Waals surface area contributed by atoms with Crippen molar-refractivity contribution in [2.75, 3.05) is 4.72 Å². The molecule has 2 rings (SSSR count). The molecule has 106 valence electrons. The predicted molar refractivity (Wildman–Crippen MR) is 74.1 cm³/mol. The summed E-state index contributed by atoms with van der Waals surface area (Å²) in [6.45, 7) is 1.87. The molecule has 5 nitrogen and oxygen atoms in total. The molecule has 0 fully saturated rings. The largest absolute Gasteiger partial charge is 0.326 e. The van der Waals surface area contributed by atoms with Crippen LogP contribution >= 0.6 is 0 Å². The molecule has 1 heterocycles. The molecule has 0 spiro atoms. The second-order valence-corrected chi connectivity index (χ2v) is 5.92. The average Bonchev–Trinajstić information content (AvgIpc) is 2.40. The molecule has 2 aromatic rings. The molecular formula is C13H14FN3O2S. The summed E-state index contributed by atoms with van der Waals surface area (Å²) in [6, 6.07) is 5.45. The highest BCUT2D eigenvalue weighted by Gasteiger charge is 2.20. The van der Waals surface area contributed by atoms with Gasteiger partial charge in [-0.15, -0.1) is 0 Å². The van der Waals surface area contributed by atoms with Crippen molar-refractivity contribution in [1.29, 1.82) is 0 Å².